The molecule has 0 saturated heterocycles. The predicted octanol–water partition coefficient (Wildman–Crippen LogP) is 5.34. The number of nitrogens with one attached hydrogen (secondary N) is 1. The highest BCUT2D eigenvalue weighted by Gasteiger charge is 2.14. The van der Waals surface area contributed by atoms with Crippen molar-refractivity contribution in [2.24, 2.45) is 0 Å². The Morgan fingerprint density at radius 1 is 0.889 bits per heavy atom. The van der Waals surface area contributed by atoms with Crippen LogP contribution in [0.1, 0.15) is 39.2 Å². The monoisotopic (exact) mass is 378 g/mol. The Labute approximate surface area is 163 Å². The van der Waals surface area contributed by atoms with Gasteiger partial charge in [0.25, 0.3) is 0 Å². The van der Waals surface area contributed by atoms with Crippen molar-refractivity contribution in [1.29, 1.82) is 0 Å². The van der Waals surface area contributed by atoms with Crippen LogP contribution in [0.3, 0.4) is 0 Å². The first-order valence-electron chi connectivity index (χ1n) is 8.86. The number of ketones is 1. The van der Waals surface area contributed by atoms with E-state index in [2.05, 4.69) is 10.3 Å². The Kier molecular flexibility index (Phi) is 5.81. The van der Waals surface area contributed by atoms with Crippen LogP contribution < -0.4 is 5.32 Å². The van der Waals surface area contributed by atoms with Crippen LogP contribution in [-0.4, -0.2) is 16.7 Å². The minimum absolute atomic E-state index is 0.0270. The van der Waals surface area contributed by atoms with Gasteiger partial charge in [-0.3, -0.25) is 9.59 Å². The largest absolute Gasteiger partial charge is 0.302 e. The molecule has 0 fully saturated rings. The molecule has 1 aromatic heterocycles. The topological polar surface area (TPSA) is 59.1 Å². The van der Waals surface area contributed by atoms with E-state index in [1.165, 1.54) is 16.9 Å². The molecule has 1 N–H and O–H groups in total. The van der Waals surface area contributed by atoms with Gasteiger partial charge in [0.15, 0.2) is 10.9 Å². The maximum atomic E-state index is 12.2. The molecule has 5 heteroatoms. The van der Waals surface area contributed by atoms with Crippen LogP contribution in [-0.2, 0) is 4.79 Å². The van der Waals surface area contributed by atoms with Gasteiger partial charge >= 0.3 is 0 Å². The molecule has 138 valence electrons. The van der Waals surface area contributed by atoms with E-state index in [9.17, 15) is 9.59 Å². The van der Waals surface area contributed by atoms with Gasteiger partial charge in [0.05, 0.1) is 5.69 Å². The quantitative estimate of drug-likeness (QED) is 0.589. The Balaban J connectivity index is 1.59. The van der Waals surface area contributed by atoms with Gasteiger partial charge in [0.2, 0.25) is 5.91 Å². The summed E-state index contributed by atoms with van der Waals surface area (Å²) >= 11 is 1.45. The van der Waals surface area contributed by atoms with Crippen molar-refractivity contribution in [2.45, 2.75) is 33.6 Å². The van der Waals surface area contributed by atoms with Crippen molar-refractivity contribution in [3.05, 3.63) is 70.1 Å². The lowest BCUT2D eigenvalue weighted by Crippen LogP contribution is -2.13. The zero-order chi connectivity index (χ0) is 19.4. The molecule has 0 saturated carbocycles. The first-order chi connectivity index (χ1) is 12.9. The summed E-state index contributed by atoms with van der Waals surface area (Å²) in [6, 6.07) is 15.6. The second-order valence-corrected chi connectivity index (χ2v) is 7.83. The Hall–Kier alpha value is -2.79. The van der Waals surface area contributed by atoms with Gasteiger partial charge in [-0.2, -0.15) is 0 Å². The second-order valence-electron chi connectivity index (χ2n) is 6.63. The third kappa shape index (κ3) is 4.89. The molecule has 0 bridgehead atoms. The Bertz CT molecular complexity index is 957. The highest BCUT2D eigenvalue weighted by molar-refractivity contribution is 7.16. The molecule has 0 aliphatic rings. The second kappa shape index (κ2) is 8.27. The number of benzene rings is 2. The fourth-order valence-electron chi connectivity index (χ4n) is 2.72. The van der Waals surface area contributed by atoms with Crippen LogP contribution >= 0.6 is 11.3 Å². The van der Waals surface area contributed by atoms with E-state index < -0.39 is 0 Å². The summed E-state index contributed by atoms with van der Waals surface area (Å²) in [5.74, 6) is -0.222. The fraction of sp³-hybridized carbons (Fsp3) is 0.227. The average Bonchev–Trinajstić information content (AvgIpc) is 3.01. The van der Waals surface area contributed by atoms with Crippen LogP contribution in [0.2, 0.25) is 0 Å². The van der Waals surface area contributed by atoms with Crippen LogP contribution in [0.15, 0.2) is 48.5 Å². The normalized spacial score (nSPS) is 10.6. The first-order valence-corrected chi connectivity index (χ1v) is 9.68. The van der Waals surface area contributed by atoms with Gasteiger partial charge in [-0.25, -0.2) is 4.98 Å². The van der Waals surface area contributed by atoms with Gasteiger partial charge in [0.1, 0.15) is 0 Å². The summed E-state index contributed by atoms with van der Waals surface area (Å²) in [5, 5.41) is 3.38. The van der Waals surface area contributed by atoms with Crippen molar-refractivity contribution in [3.8, 4) is 11.3 Å². The minimum Gasteiger partial charge on any atom is -0.302 e. The average molecular weight is 378 g/mol. The fourth-order valence-corrected chi connectivity index (χ4v) is 3.57. The number of carbonyl (C=O) groups is 2. The summed E-state index contributed by atoms with van der Waals surface area (Å²) in [4.78, 5) is 30.0. The molecule has 1 amide bonds. The van der Waals surface area contributed by atoms with Crippen LogP contribution in [0.4, 0.5) is 5.13 Å². The molecule has 2 aromatic carbocycles. The number of thiazole rings is 1. The lowest BCUT2D eigenvalue weighted by atomic mass is 10.1. The molecular weight excluding hydrogens is 356 g/mol. The summed E-state index contributed by atoms with van der Waals surface area (Å²) in [6.45, 7) is 6.01. The molecule has 27 heavy (non-hydrogen) atoms. The highest BCUT2D eigenvalue weighted by atomic mass is 32.1. The van der Waals surface area contributed by atoms with Crippen LogP contribution in [0, 0.1) is 20.8 Å². The molecule has 0 atom stereocenters. The first kappa shape index (κ1) is 19.0. The van der Waals surface area contributed by atoms with E-state index in [4.69, 9.17) is 0 Å². The van der Waals surface area contributed by atoms with Crippen molar-refractivity contribution in [2.75, 3.05) is 5.32 Å². The predicted molar refractivity (Wildman–Crippen MR) is 110 cm³/mol. The van der Waals surface area contributed by atoms with Gasteiger partial charge in [0, 0.05) is 28.8 Å². The standard InChI is InChI=1S/C22H22N2O2S/c1-14-4-8-17(9-5-14)19(25)12-13-20(26)23-22-24-21(16(3)27-22)18-10-6-15(2)7-11-18/h4-11H,12-13H2,1-3H3,(H,23,24,26). The van der Waals surface area contributed by atoms with Crippen molar-refractivity contribution in [1.82, 2.24) is 4.98 Å². The number of hydrogen-bond donors (Lipinski definition) is 1. The number of rotatable bonds is 6. The van der Waals surface area contributed by atoms with E-state index in [0.29, 0.717) is 10.7 Å². The zero-order valence-corrected chi connectivity index (χ0v) is 16.5. The molecule has 0 unspecified atom stereocenters. The van der Waals surface area contributed by atoms with Gasteiger partial charge in [-0.05, 0) is 20.8 Å². The van der Waals surface area contributed by atoms with Crippen LogP contribution in [0.25, 0.3) is 11.3 Å². The molecule has 3 rings (SSSR count). The number of nitrogens with zero attached hydrogens (tertiary/aromatic N) is 1. The summed E-state index contributed by atoms with van der Waals surface area (Å²) in [6.07, 6.45) is 0.329. The van der Waals surface area contributed by atoms with Crippen molar-refractivity contribution < 1.29 is 9.59 Å². The van der Waals surface area contributed by atoms with Crippen molar-refractivity contribution in [3.63, 3.8) is 0 Å². The van der Waals surface area contributed by atoms with Gasteiger partial charge < -0.3 is 5.32 Å². The summed E-state index contributed by atoms with van der Waals surface area (Å²) in [5.41, 5.74) is 4.85. The Morgan fingerprint density at radius 3 is 2.11 bits per heavy atom. The highest BCUT2D eigenvalue weighted by Crippen LogP contribution is 2.30. The third-order valence-corrected chi connectivity index (χ3v) is 5.21. The molecule has 0 aliphatic heterocycles. The molecule has 1 heterocycles. The van der Waals surface area contributed by atoms with E-state index in [1.54, 1.807) is 12.1 Å². The lowest BCUT2D eigenvalue weighted by molar-refractivity contribution is -0.116. The van der Waals surface area contributed by atoms with Gasteiger partial charge in [-0.15, -0.1) is 11.3 Å². The van der Waals surface area contributed by atoms with E-state index >= 15 is 0 Å². The molecule has 4 nitrogen and oxygen atoms in total. The van der Waals surface area contributed by atoms with Crippen molar-refractivity contribution >= 4 is 28.2 Å². The van der Waals surface area contributed by atoms with Gasteiger partial charge in [-0.1, -0.05) is 59.7 Å². The number of amides is 1. The summed E-state index contributed by atoms with van der Waals surface area (Å²) < 4.78 is 0. The maximum Gasteiger partial charge on any atom is 0.226 e. The molecule has 0 spiro atoms. The minimum atomic E-state index is -0.195. The SMILES string of the molecule is Cc1ccc(C(=O)CCC(=O)Nc2nc(-c3ccc(C)cc3)c(C)s2)cc1. The number of anilines is 1. The third-order valence-electron chi connectivity index (χ3n) is 4.32. The van der Waals surface area contributed by atoms with Crippen LogP contribution in [0.5, 0.6) is 0 Å². The Morgan fingerprint density at radius 2 is 1.48 bits per heavy atom. The zero-order valence-electron chi connectivity index (χ0n) is 15.7. The maximum absolute atomic E-state index is 12.2. The summed E-state index contributed by atoms with van der Waals surface area (Å²) in [7, 11) is 0. The molecule has 0 aliphatic carbocycles. The number of aromatic nitrogens is 1. The van der Waals surface area contributed by atoms with E-state index in [1.807, 2.05) is 57.2 Å². The van der Waals surface area contributed by atoms with E-state index in [-0.39, 0.29) is 24.5 Å². The number of carbonyl (C=O) groups excluding carboxylic acids is 2. The van der Waals surface area contributed by atoms with E-state index in [0.717, 1.165) is 21.7 Å². The molecule has 3 aromatic rings. The molecule has 0 radical (unpaired) electrons. The smallest absolute Gasteiger partial charge is 0.226 e. The molecular formula is C22H22N2O2S. The number of Topliss-reactive ketones (excluding diaryl/α,β-unsaturated/α-hetero) is 1. The number of aryl methyl sites for hydroxylation is 3. The number of hydrogen-bond acceptors (Lipinski definition) is 4. The lowest BCUT2D eigenvalue weighted by Gasteiger charge is -2.03.